The molecule has 29 heavy (non-hydrogen) atoms. The van der Waals surface area contributed by atoms with Gasteiger partial charge in [0.2, 0.25) is 0 Å². The Hall–Kier alpha value is -2.90. The fourth-order valence-corrected chi connectivity index (χ4v) is 5.34. The molecule has 146 valence electrons. The van der Waals surface area contributed by atoms with Crippen LogP contribution in [0.2, 0.25) is 0 Å². The number of anilines is 1. The molecule has 0 N–H and O–H groups in total. The van der Waals surface area contributed by atoms with Crippen molar-refractivity contribution in [2.75, 3.05) is 12.0 Å². The average Bonchev–Trinajstić information content (AvgIpc) is 3.25. The Labute approximate surface area is 176 Å². The number of aryl methyl sites for hydroxylation is 1. The number of imide groups is 1. The molecule has 0 saturated heterocycles. The lowest BCUT2D eigenvalue weighted by atomic mass is 10.1. The molecule has 0 atom stereocenters. The minimum Gasteiger partial charge on any atom is -0.465 e. The molecule has 5 nitrogen and oxygen atoms in total. The normalized spacial score (nSPS) is 13.0. The van der Waals surface area contributed by atoms with Crippen LogP contribution in [0.1, 0.15) is 41.5 Å². The number of carbonyl (C=O) groups excluding carboxylic acids is 3. The Morgan fingerprint density at radius 3 is 2.34 bits per heavy atom. The van der Waals surface area contributed by atoms with Gasteiger partial charge in [-0.15, -0.1) is 23.1 Å². The number of hydrogen-bond donors (Lipinski definition) is 0. The number of thioether (sulfide) groups is 1. The van der Waals surface area contributed by atoms with E-state index in [4.69, 9.17) is 4.74 Å². The van der Waals surface area contributed by atoms with Crippen molar-refractivity contribution < 1.29 is 19.1 Å². The van der Waals surface area contributed by atoms with E-state index in [1.807, 2.05) is 25.1 Å². The maximum absolute atomic E-state index is 12.9. The van der Waals surface area contributed by atoms with E-state index >= 15 is 0 Å². The highest BCUT2D eigenvalue weighted by Crippen LogP contribution is 2.39. The van der Waals surface area contributed by atoms with Crippen molar-refractivity contribution in [3.05, 3.63) is 81.7 Å². The van der Waals surface area contributed by atoms with E-state index in [0.717, 1.165) is 14.7 Å². The first kappa shape index (κ1) is 19.4. The molecule has 0 bridgehead atoms. The number of thiophene rings is 1. The van der Waals surface area contributed by atoms with Crippen LogP contribution in [0.25, 0.3) is 0 Å². The number of hydrogen-bond acceptors (Lipinski definition) is 6. The molecule has 0 unspecified atom stereocenters. The first-order chi connectivity index (χ1) is 14.0. The molecule has 2 heterocycles. The molecule has 0 spiro atoms. The molecule has 7 heteroatoms. The van der Waals surface area contributed by atoms with Crippen LogP contribution in [0.15, 0.2) is 59.5 Å². The van der Waals surface area contributed by atoms with Crippen LogP contribution in [0.3, 0.4) is 0 Å². The average molecular weight is 424 g/mol. The second kappa shape index (κ2) is 7.85. The number of methoxy groups -OCH3 is 1. The van der Waals surface area contributed by atoms with Crippen LogP contribution in [0.4, 0.5) is 5.00 Å². The fraction of sp³-hybridized carbons (Fsp3) is 0.136. The molecule has 3 aromatic rings. The summed E-state index contributed by atoms with van der Waals surface area (Å²) in [5, 5.41) is 0.308. The van der Waals surface area contributed by atoms with E-state index in [9.17, 15) is 14.4 Å². The number of nitrogens with zero attached hydrogens (tertiary/aromatic N) is 1. The predicted molar refractivity (Wildman–Crippen MR) is 114 cm³/mol. The zero-order chi connectivity index (χ0) is 20.5. The summed E-state index contributed by atoms with van der Waals surface area (Å²) in [5.74, 6) is -0.799. The van der Waals surface area contributed by atoms with E-state index in [0.29, 0.717) is 21.9 Å². The van der Waals surface area contributed by atoms with E-state index in [-0.39, 0.29) is 5.56 Å². The maximum Gasteiger partial charge on any atom is 0.340 e. The number of carbonyl (C=O) groups is 3. The predicted octanol–water partition coefficient (Wildman–Crippen LogP) is 4.94. The van der Waals surface area contributed by atoms with Crippen molar-refractivity contribution in [3.63, 3.8) is 0 Å². The monoisotopic (exact) mass is 423 g/mol. The van der Waals surface area contributed by atoms with Gasteiger partial charge in [-0.2, -0.15) is 0 Å². The van der Waals surface area contributed by atoms with Gasteiger partial charge in [0, 0.05) is 15.5 Å². The number of ether oxygens (including phenoxy) is 1. The summed E-state index contributed by atoms with van der Waals surface area (Å²) in [6.07, 6.45) is 0. The topological polar surface area (TPSA) is 63.7 Å². The number of fused-ring (bicyclic) bond motifs is 1. The van der Waals surface area contributed by atoms with Crippen molar-refractivity contribution >= 4 is 45.9 Å². The van der Waals surface area contributed by atoms with Crippen molar-refractivity contribution in [1.29, 1.82) is 0 Å². The molecule has 0 fully saturated rings. The Kier molecular flexibility index (Phi) is 5.25. The third-order valence-electron chi connectivity index (χ3n) is 4.54. The van der Waals surface area contributed by atoms with Crippen molar-refractivity contribution in [2.24, 2.45) is 0 Å². The van der Waals surface area contributed by atoms with Crippen LogP contribution in [-0.2, 0) is 10.5 Å². The molecule has 2 amide bonds. The van der Waals surface area contributed by atoms with Gasteiger partial charge in [0.05, 0.1) is 23.8 Å². The van der Waals surface area contributed by atoms with Crippen LogP contribution >= 0.6 is 23.1 Å². The van der Waals surface area contributed by atoms with Crippen molar-refractivity contribution in [3.8, 4) is 0 Å². The summed E-state index contributed by atoms with van der Waals surface area (Å²) in [5.41, 5.74) is 2.09. The minimum atomic E-state index is -0.570. The Morgan fingerprint density at radius 2 is 1.72 bits per heavy atom. The van der Waals surface area contributed by atoms with Gasteiger partial charge in [-0.25, -0.2) is 9.69 Å². The summed E-state index contributed by atoms with van der Waals surface area (Å²) in [7, 11) is 1.29. The molecule has 1 aromatic heterocycles. The summed E-state index contributed by atoms with van der Waals surface area (Å²) in [6, 6.07) is 16.5. The fourth-order valence-electron chi connectivity index (χ4n) is 3.16. The third kappa shape index (κ3) is 3.59. The van der Waals surface area contributed by atoms with Gasteiger partial charge < -0.3 is 4.74 Å². The van der Waals surface area contributed by atoms with Gasteiger partial charge >= 0.3 is 5.97 Å². The van der Waals surface area contributed by atoms with Gasteiger partial charge in [0.25, 0.3) is 11.8 Å². The molecule has 1 aliphatic rings. The molecule has 4 rings (SSSR count). The standard InChI is InChI=1S/C22H17NO4S2/c1-13-6-5-7-14(10-13)28-12-15-11-18(22(26)27-2)21(29-15)23-19(24)16-8-3-4-9-17(16)20(23)25/h3-11H,12H2,1-2H3. The van der Waals surface area contributed by atoms with E-state index < -0.39 is 17.8 Å². The zero-order valence-corrected chi connectivity index (χ0v) is 17.4. The molecule has 0 aliphatic carbocycles. The van der Waals surface area contributed by atoms with E-state index in [2.05, 4.69) is 6.07 Å². The third-order valence-corrected chi connectivity index (χ3v) is 6.88. The number of amides is 2. The molecular formula is C22H17NO4S2. The molecule has 1 aliphatic heterocycles. The highest BCUT2D eigenvalue weighted by Gasteiger charge is 2.39. The highest BCUT2D eigenvalue weighted by molar-refractivity contribution is 7.98. The highest BCUT2D eigenvalue weighted by atomic mass is 32.2. The van der Waals surface area contributed by atoms with Crippen LogP contribution in [0, 0.1) is 6.92 Å². The maximum atomic E-state index is 12.9. The second-order valence-corrected chi connectivity index (χ2v) is 8.68. The minimum absolute atomic E-state index is 0.229. The second-order valence-electron chi connectivity index (χ2n) is 6.52. The lowest BCUT2D eigenvalue weighted by molar-refractivity contribution is 0.0602. The summed E-state index contributed by atoms with van der Waals surface area (Å²) in [4.78, 5) is 41.1. The molecule has 2 aromatic carbocycles. The van der Waals surface area contributed by atoms with Crippen LogP contribution in [0.5, 0.6) is 0 Å². The summed E-state index contributed by atoms with van der Waals surface area (Å²) in [6.45, 7) is 2.03. The summed E-state index contributed by atoms with van der Waals surface area (Å²) < 4.78 is 4.89. The van der Waals surface area contributed by atoms with Gasteiger partial charge in [0.1, 0.15) is 5.00 Å². The lowest BCUT2D eigenvalue weighted by Gasteiger charge is -2.13. The van der Waals surface area contributed by atoms with E-state index in [1.54, 1.807) is 42.1 Å². The first-order valence-corrected chi connectivity index (χ1v) is 10.7. The van der Waals surface area contributed by atoms with Crippen molar-refractivity contribution in [2.45, 2.75) is 17.6 Å². The molecule has 0 radical (unpaired) electrons. The van der Waals surface area contributed by atoms with Crippen LogP contribution in [-0.4, -0.2) is 24.9 Å². The molecular weight excluding hydrogens is 406 g/mol. The number of benzene rings is 2. The van der Waals surface area contributed by atoms with Crippen molar-refractivity contribution in [1.82, 2.24) is 0 Å². The first-order valence-electron chi connectivity index (χ1n) is 8.88. The van der Waals surface area contributed by atoms with Crippen LogP contribution < -0.4 is 4.90 Å². The smallest absolute Gasteiger partial charge is 0.340 e. The Bertz CT molecular complexity index is 1100. The van der Waals surface area contributed by atoms with Gasteiger partial charge in [-0.05, 0) is 37.3 Å². The molecule has 0 saturated carbocycles. The van der Waals surface area contributed by atoms with Gasteiger partial charge in [-0.3, -0.25) is 9.59 Å². The number of esters is 1. The van der Waals surface area contributed by atoms with E-state index in [1.165, 1.54) is 24.0 Å². The Balaban J connectivity index is 1.67. The SMILES string of the molecule is COC(=O)c1cc(CSc2cccc(C)c2)sc1N1C(=O)c2ccccc2C1=O. The quantitative estimate of drug-likeness (QED) is 0.331. The summed E-state index contributed by atoms with van der Waals surface area (Å²) >= 11 is 2.90. The zero-order valence-electron chi connectivity index (χ0n) is 15.8. The van der Waals surface area contributed by atoms with Gasteiger partial charge in [-0.1, -0.05) is 29.8 Å². The largest absolute Gasteiger partial charge is 0.465 e. The number of rotatable bonds is 5. The lowest BCUT2D eigenvalue weighted by Crippen LogP contribution is -2.30. The Morgan fingerprint density at radius 1 is 1.03 bits per heavy atom. The van der Waals surface area contributed by atoms with Gasteiger partial charge in [0.15, 0.2) is 0 Å².